The second-order valence-corrected chi connectivity index (χ2v) is 4.27. The number of ether oxygens (including phenoxy) is 1. The van der Waals surface area contributed by atoms with Gasteiger partial charge in [0.25, 0.3) is 0 Å². The zero-order valence-electron chi connectivity index (χ0n) is 11.5. The first-order valence-corrected chi connectivity index (χ1v) is 6.00. The van der Waals surface area contributed by atoms with E-state index in [9.17, 15) is 14.4 Å². The van der Waals surface area contributed by atoms with E-state index in [-0.39, 0.29) is 0 Å². The molecule has 2 amide bonds. The average Bonchev–Trinajstić information content (AvgIpc) is 2.37. The lowest BCUT2D eigenvalue weighted by Crippen LogP contribution is -2.44. The highest BCUT2D eigenvalue weighted by Crippen LogP contribution is 2.21. The predicted molar refractivity (Wildman–Crippen MR) is 73.6 cm³/mol. The molecule has 0 bridgehead atoms. The van der Waals surface area contributed by atoms with Gasteiger partial charge in [-0.25, -0.2) is 9.59 Å². The van der Waals surface area contributed by atoms with Crippen molar-refractivity contribution in [1.29, 1.82) is 0 Å². The first kappa shape index (κ1) is 16.3. The number of hydrogen-bond acceptors (Lipinski definition) is 4. The van der Waals surface area contributed by atoms with E-state index in [2.05, 4.69) is 10.6 Å². The highest BCUT2D eigenvalue weighted by Gasteiger charge is 2.23. The normalized spacial score (nSPS) is 11.3. The van der Waals surface area contributed by atoms with E-state index in [4.69, 9.17) is 14.9 Å². The van der Waals surface area contributed by atoms with E-state index in [1.807, 2.05) is 0 Å². The topological polar surface area (TPSA) is 125 Å². The first-order chi connectivity index (χ1) is 9.83. The van der Waals surface area contributed by atoms with Crippen LogP contribution in [0, 0.1) is 6.92 Å². The largest absolute Gasteiger partial charge is 0.496 e. The number of methoxy groups -OCH3 is 1. The lowest BCUT2D eigenvalue weighted by atomic mass is 10.2. The van der Waals surface area contributed by atoms with Crippen molar-refractivity contribution in [3.63, 3.8) is 0 Å². The highest BCUT2D eigenvalue weighted by atomic mass is 16.5. The molecule has 21 heavy (non-hydrogen) atoms. The Kier molecular flexibility index (Phi) is 5.53. The van der Waals surface area contributed by atoms with Crippen LogP contribution in [0.25, 0.3) is 0 Å². The molecule has 1 atom stereocenters. The minimum atomic E-state index is -1.50. The number of carbonyl (C=O) groups excluding carboxylic acids is 1. The summed E-state index contributed by atoms with van der Waals surface area (Å²) in [4.78, 5) is 33.0. The smallest absolute Gasteiger partial charge is 0.326 e. The molecule has 1 rings (SSSR count). The maximum absolute atomic E-state index is 11.7. The van der Waals surface area contributed by atoms with Crippen molar-refractivity contribution in [2.45, 2.75) is 19.4 Å². The van der Waals surface area contributed by atoms with Gasteiger partial charge in [0.1, 0.15) is 11.8 Å². The molecule has 0 aliphatic heterocycles. The Morgan fingerprint density at radius 2 is 1.95 bits per heavy atom. The van der Waals surface area contributed by atoms with Gasteiger partial charge in [-0.3, -0.25) is 4.79 Å². The van der Waals surface area contributed by atoms with Crippen LogP contribution in [0.1, 0.15) is 12.0 Å². The third kappa shape index (κ3) is 5.01. The number of anilines is 1. The number of amides is 2. The molecule has 8 heteroatoms. The minimum Gasteiger partial charge on any atom is -0.496 e. The molecule has 0 saturated heterocycles. The molecule has 1 aromatic rings. The molecule has 0 aliphatic rings. The number of urea groups is 1. The van der Waals surface area contributed by atoms with Crippen LogP contribution in [-0.2, 0) is 9.59 Å². The Labute approximate surface area is 120 Å². The Morgan fingerprint density at radius 3 is 2.43 bits per heavy atom. The monoisotopic (exact) mass is 296 g/mol. The molecular formula is C13H16N2O6. The van der Waals surface area contributed by atoms with Gasteiger partial charge >= 0.3 is 18.0 Å². The van der Waals surface area contributed by atoms with Crippen molar-refractivity contribution in [3.8, 4) is 5.75 Å². The summed E-state index contributed by atoms with van der Waals surface area (Å²) in [5.41, 5.74) is 1.22. The zero-order valence-corrected chi connectivity index (χ0v) is 11.5. The van der Waals surface area contributed by atoms with Crippen LogP contribution in [0.2, 0.25) is 0 Å². The Balaban J connectivity index is 2.69. The Hall–Kier alpha value is -2.77. The molecule has 0 aliphatic carbocycles. The molecule has 0 heterocycles. The summed E-state index contributed by atoms with van der Waals surface area (Å²) in [6.07, 6.45) is -0.704. The Bertz CT molecular complexity index is 558. The fourth-order valence-electron chi connectivity index (χ4n) is 1.66. The molecule has 0 fully saturated rings. The van der Waals surface area contributed by atoms with Crippen LogP contribution >= 0.6 is 0 Å². The van der Waals surface area contributed by atoms with E-state index >= 15 is 0 Å². The van der Waals surface area contributed by atoms with Crippen molar-refractivity contribution in [1.82, 2.24) is 5.32 Å². The summed E-state index contributed by atoms with van der Waals surface area (Å²) in [6, 6.07) is 2.58. The average molecular weight is 296 g/mol. The summed E-state index contributed by atoms with van der Waals surface area (Å²) in [6.45, 7) is 1.78. The van der Waals surface area contributed by atoms with Gasteiger partial charge in [-0.1, -0.05) is 0 Å². The highest BCUT2D eigenvalue weighted by molar-refractivity contribution is 5.93. The van der Waals surface area contributed by atoms with Gasteiger partial charge in [0.05, 0.1) is 13.5 Å². The Morgan fingerprint density at radius 1 is 1.29 bits per heavy atom. The van der Waals surface area contributed by atoms with Crippen molar-refractivity contribution >= 4 is 23.7 Å². The van der Waals surface area contributed by atoms with Crippen LogP contribution < -0.4 is 15.4 Å². The predicted octanol–water partition coefficient (Wildman–Crippen LogP) is 1.05. The number of carbonyl (C=O) groups is 3. The molecule has 0 radical (unpaired) electrons. The third-order valence-electron chi connectivity index (χ3n) is 2.63. The third-order valence-corrected chi connectivity index (χ3v) is 2.63. The minimum absolute atomic E-state index is 0.435. The van der Waals surface area contributed by atoms with Crippen LogP contribution in [0.4, 0.5) is 10.5 Å². The van der Waals surface area contributed by atoms with Crippen LogP contribution in [0.15, 0.2) is 18.2 Å². The van der Waals surface area contributed by atoms with Gasteiger partial charge < -0.3 is 25.6 Å². The number of benzene rings is 1. The molecule has 0 aromatic heterocycles. The van der Waals surface area contributed by atoms with Gasteiger partial charge in [-0.05, 0) is 30.7 Å². The second kappa shape index (κ2) is 7.13. The van der Waals surface area contributed by atoms with Crippen LogP contribution in [-0.4, -0.2) is 41.3 Å². The van der Waals surface area contributed by atoms with E-state index in [0.29, 0.717) is 11.4 Å². The van der Waals surface area contributed by atoms with E-state index in [1.54, 1.807) is 25.1 Å². The van der Waals surface area contributed by atoms with E-state index < -0.39 is 30.4 Å². The van der Waals surface area contributed by atoms with E-state index in [0.717, 1.165) is 5.56 Å². The quantitative estimate of drug-likeness (QED) is 0.622. The molecule has 1 unspecified atom stereocenters. The van der Waals surface area contributed by atoms with Gasteiger partial charge in [0.2, 0.25) is 0 Å². The first-order valence-electron chi connectivity index (χ1n) is 6.00. The van der Waals surface area contributed by atoms with Crippen molar-refractivity contribution < 1.29 is 29.3 Å². The SMILES string of the molecule is COc1ccc(NC(=O)NC(CC(=O)O)C(=O)O)cc1C. The van der Waals surface area contributed by atoms with Gasteiger partial charge in [0.15, 0.2) is 0 Å². The summed E-state index contributed by atoms with van der Waals surface area (Å²) >= 11 is 0. The maximum Gasteiger partial charge on any atom is 0.326 e. The second-order valence-electron chi connectivity index (χ2n) is 4.27. The summed E-state index contributed by atoms with van der Waals surface area (Å²) in [7, 11) is 1.52. The molecule has 114 valence electrons. The molecule has 0 spiro atoms. The fourth-order valence-corrected chi connectivity index (χ4v) is 1.66. The number of hydrogen-bond donors (Lipinski definition) is 4. The molecular weight excluding hydrogens is 280 g/mol. The van der Waals surface area contributed by atoms with E-state index in [1.165, 1.54) is 7.11 Å². The van der Waals surface area contributed by atoms with Crippen LogP contribution in [0.5, 0.6) is 5.75 Å². The summed E-state index contributed by atoms with van der Waals surface area (Å²) in [5, 5.41) is 21.9. The summed E-state index contributed by atoms with van der Waals surface area (Å²) in [5.74, 6) is -2.09. The maximum atomic E-state index is 11.7. The standard InChI is InChI=1S/C13H16N2O6/c1-7-5-8(3-4-10(7)21-2)14-13(20)15-9(12(18)19)6-11(16)17/h3-5,9H,6H2,1-2H3,(H,16,17)(H,18,19)(H2,14,15,20). The lowest BCUT2D eigenvalue weighted by molar-refractivity contribution is -0.145. The number of aliphatic carboxylic acids is 2. The zero-order chi connectivity index (χ0) is 16.0. The van der Waals surface area contributed by atoms with Crippen LogP contribution in [0.3, 0.4) is 0 Å². The summed E-state index contributed by atoms with van der Waals surface area (Å²) < 4.78 is 5.07. The van der Waals surface area contributed by atoms with Crippen molar-refractivity contribution in [2.24, 2.45) is 0 Å². The van der Waals surface area contributed by atoms with Gasteiger partial charge in [0, 0.05) is 5.69 Å². The molecule has 0 saturated carbocycles. The number of carboxylic acids is 2. The molecule has 1 aromatic carbocycles. The van der Waals surface area contributed by atoms with Gasteiger partial charge in [-0.15, -0.1) is 0 Å². The lowest BCUT2D eigenvalue weighted by Gasteiger charge is -2.14. The van der Waals surface area contributed by atoms with Crippen molar-refractivity contribution in [2.75, 3.05) is 12.4 Å². The fraction of sp³-hybridized carbons (Fsp3) is 0.308. The van der Waals surface area contributed by atoms with Gasteiger partial charge in [-0.2, -0.15) is 0 Å². The number of rotatable bonds is 6. The number of carboxylic acid groups (broad SMARTS) is 2. The molecule has 4 N–H and O–H groups in total. The van der Waals surface area contributed by atoms with Crippen molar-refractivity contribution in [3.05, 3.63) is 23.8 Å². The number of nitrogens with one attached hydrogen (secondary N) is 2. The number of aryl methyl sites for hydroxylation is 1. The molecule has 8 nitrogen and oxygen atoms in total.